The summed E-state index contributed by atoms with van der Waals surface area (Å²) in [6.07, 6.45) is 9.12. The van der Waals surface area contributed by atoms with Crippen LogP contribution in [0, 0.1) is 17.3 Å². The molecule has 1 aliphatic heterocycles. The first-order chi connectivity index (χ1) is 15.0. The molecule has 31 heavy (non-hydrogen) atoms. The van der Waals surface area contributed by atoms with Crippen LogP contribution < -0.4 is 4.74 Å². The highest BCUT2D eigenvalue weighted by atomic mass is 16.7. The van der Waals surface area contributed by atoms with Crippen molar-refractivity contribution in [2.24, 2.45) is 17.3 Å². The van der Waals surface area contributed by atoms with E-state index in [4.69, 9.17) is 14.2 Å². The number of carbonyl (C=O) groups excluding carboxylic acids is 1. The number of fused-ring (bicyclic) bond motifs is 4. The van der Waals surface area contributed by atoms with E-state index >= 15 is 0 Å². The second-order valence-electron chi connectivity index (χ2n) is 10.3. The Morgan fingerprint density at radius 1 is 1.10 bits per heavy atom. The zero-order valence-electron chi connectivity index (χ0n) is 18.6. The fourth-order valence-corrected chi connectivity index (χ4v) is 7.41. The molecule has 4 aliphatic carbocycles. The van der Waals surface area contributed by atoms with Gasteiger partial charge in [0.25, 0.3) is 0 Å². The van der Waals surface area contributed by atoms with Crippen LogP contribution in [-0.2, 0) is 14.3 Å². The van der Waals surface area contributed by atoms with Gasteiger partial charge >= 0.3 is 0 Å². The number of methoxy groups -OCH3 is 1. The number of ether oxygens (including phenoxy) is 3. The predicted octanol–water partition coefficient (Wildman–Crippen LogP) is 5.34. The quantitative estimate of drug-likeness (QED) is 0.648. The molecule has 0 N–H and O–H groups in total. The van der Waals surface area contributed by atoms with Crippen LogP contribution in [0.3, 0.4) is 0 Å². The van der Waals surface area contributed by atoms with Gasteiger partial charge in [-0.05, 0) is 78.9 Å². The second kappa shape index (κ2) is 7.05. The highest BCUT2D eigenvalue weighted by Gasteiger charge is 2.57. The summed E-state index contributed by atoms with van der Waals surface area (Å²) in [4.78, 5) is 13.1. The molecular formula is C27H32O4. The molecule has 1 heterocycles. The van der Waals surface area contributed by atoms with Gasteiger partial charge in [0.15, 0.2) is 5.79 Å². The largest absolute Gasteiger partial charge is 0.497 e. The molecule has 0 bridgehead atoms. The molecule has 2 unspecified atom stereocenters. The zero-order valence-corrected chi connectivity index (χ0v) is 18.6. The smallest absolute Gasteiger partial charge is 0.188 e. The van der Waals surface area contributed by atoms with Crippen LogP contribution in [0.1, 0.15) is 63.4 Å². The Kier molecular flexibility index (Phi) is 4.49. The van der Waals surface area contributed by atoms with Crippen molar-refractivity contribution >= 4 is 5.78 Å². The van der Waals surface area contributed by atoms with Crippen LogP contribution in [-0.4, -0.2) is 31.9 Å². The average Bonchev–Trinajstić information content (AvgIpc) is 3.36. The first-order valence-electron chi connectivity index (χ1n) is 11.9. The fourth-order valence-electron chi connectivity index (χ4n) is 7.41. The summed E-state index contributed by atoms with van der Waals surface area (Å²) >= 11 is 0. The Balaban J connectivity index is 1.50. The Bertz CT molecular complexity index is 983. The third kappa shape index (κ3) is 2.91. The first-order valence-corrected chi connectivity index (χ1v) is 11.9. The molecule has 2 saturated carbocycles. The van der Waals surface area contributed by atoms with Gasteiger partial charge in [0, 0.05) is 24.2 Å². The molecule has 1 aromatic carbocycles. The molecule has 3 fully saturated rings. The van der Waals surface area contributed by atoms with Crippen molar-refractivity contribution in [2.75, 3.05) is 20.3 Å². The number of hydrogen-bond acceptors (Lipinski definition) is 4. The number of hydrogen-bond donors (Lipinski definition) is 0. The van der Waals surface area contributed by atoms with Crippen molar-refractivity contribution in [1.82, 2.24) is 0 Å². The highest BCUT2D eigenvalue weighted by molar-refractivity contribution is 5.87. The van der Waals surface area contributed by atoms with Crippen molar-refractivity contribution in [3.8, 4) is 5.75 Å². The summed E-state index contributed by atoms with van der Waals surface area (Å²) in [7, 11) is 1.73. The maximum absolute atomic E-state index is 13.1. The predicted molar refractivity (Wildman–Crippen MR) is 118 cm³/mol. The van der Waals surface area contributed by atoms with Gasteiger partial charge in [0.1, 0.15) is 11.5 Å². The molecular weight excluding hydrogens is 388 g/mol. The number of carbonyl (C=O) groups is 1. The minimum Gasteiger partial charge on any atom is -0.497 e. The molecule has 1 saturated heterocycles. The normalized spacial score (nSPS) is 36.1. The number of benzene rings is 1. The standard InChI is InChI=1S/C27H32O4/c1-26-16-22(17-4-3-5-19(14-17)29-2)25-20-10-11-27(30-12-13-31-27)15-18(20)6-7-21(25)23(26)8-9-24(26)28/h3-5,14-15,21-23H,6-13,16H2,1-2H3/t21?,22-,23?,26+/m1/s1. The zero-order chi connectivity index (χ0) is 21.2. The Labute approximate surface area is 184 Å². The number of allylic oxidation sites excluding steroid dienone is 3. The summed E-state index contributed by atoms with van der Waals surface area (Å²) in [5, 5.41) is 0. The van der Waals surface area contributed by atoms with Gasteiger partial charge in [-0.1, -0.05) is 24.6 Å². The van der Waals surface area contributed by atoms with E-state index in [-0.39, 0.29) is 11.3 Å². The fraction of sp³-hybridized carbons (Fsp3) is 0.593. The van der Waals surface area contributed by atoms with Gasteiger partial charge in [0.2, 0.25) is 0 Å². The van der Waals surface area contributed by atoms with Crippen molar-refractivity contribution in [1.29, 1.82) is 0 Å². The lowest BCUT2D eigenvalue weighted by Gasteiger charge is -2.50. The van der Waals surface area contributed by atoms with E-state index < -0.39 is 5.79 Å². The highest BCUT2D eigenvalue weighted by Crippen LogP contribution is 2.63. The molecule has 6 rings (SSSR count). The molecule has 4 nitrogen and oxygen atoms in total. The minimum atomic E-state index is -0.496. The summed E-state index contributed by atoms with van der Waals surface area (Å²) < 4.78 is 17.6. The summed E-state index contributed by atoms with van der Waals surface area (Å²) in [6.45, 7) is 3.63. The van der Waals surface area contributed by atoms with Gasteiger partial charge in [-0.25, -0.2) is 0 Å². The molecule has 0 aromatic heterocycles. The topological polar surface area (TPSA) is 44.8 Å². The van der Waals surface area contributed by atoms with Gasteiger partial charge in [-0.3, -0.25) is 4.79 Å². The Morgan fingerprint density at radius 3 is 2.74 bits per heavy atom. The van der Waals surface area contributed by atoms with E-state index in [1.807, 2.05) is 6.07 Å². The molecule has 4 atom stereocenters. The van der Waals surface area contributed by atoms with E-state index in [1.54, 1.807) is 12.7 Å². The number of rotatable bonds is 2. The lowest BCUT2D eigenvalue weighted by Crippen LogP contribution is -2.44. The summed E-state index contributed by atoms with van der Waals surface area (Å²) in [6, 6.07) is 8.52. The van der Waals surface area contributed by atoms with Gasteiger partial charge in [-0.15, -0.1) is 0 Å². The Hall–Kier alpha value is -1.91. The van der Waals surface area contributed by atoms with Crippen molar-refractivity contribution < 1.29 is 19.0 Å². The van der Waals surface area contributed by atoms with Crippen LogP contribution in [0.4, 0.5) is 0 Å². The molecule has 164 valence electrons. The lowest BCUT2D eigenvalue weighted by molar-refractivity contribution is -0.128. The van der Waals surface area contributed by atoms with Crippen LogP contribution >= 0.6 is 0 Å². The Morgan fingerprint density at radius 2 is 1.94 bits per heavy atom. The molecule has 4 heteroatoms. The van der Waals surface area contributed by atoms with Crippen LogP contribution in [0.5, 0.6) is 5.75 Å². The maximum atomic E-state index is 13.1. The SMILES string of the molecule is COc1cccc([C@H]2C[C@]3(C)C(=O)CCC3C3CCC4=CC5(CCC4=C32)OCCO5)c1. The van der Waals surface area contributed by atoms with E-state index in [0.717, 1.165) is 50.7 Å². The van der Waals surface area contributed by atoms with Crippen molar-refractivity contribution in [2.45, 2.75) is 63.6 Å². The van der Waals surface area contributed by atoms with Crippen molar-refractivity contribution in [3.05, 3.63) is 52.6 Å². The second-order valence-corrected chi connectivity index (χ2v) is 10.3. The summed E-state index contributed by atoms with van der Waals surface area (Å²) in [5.74, 6) is 2.15. The van der Waals surface area contributed by atoms with E-state index in [1.165, 1.54) is 16.7 Å². The van der Waals surface area contributed by atoms with Crippen LogP contribution in [0.15, 0.2) is 47.1 Å². The van der Waals surface area contributed by atoms with Gasteiger partial charge < -0.3 is 14.2 Å². The van der Waals surface area contributed by atoms with Crippen LogP contribution in [0.25, 0.3) is 0 Å². The minimum absolute atomic E-state index is 0.197. The van der Waals surface area contributed by atoms with Crippen molar-refractivity contribution in [3.63, 3.8) is 0 Å². The molecule has 0 radical (unpaired) electrons. The maximum Gasteiger partial charge on any atom is 0.188 e. The first kappa shape index (κ1) is 19.8. The monoisotopic (exact) mass is 420 g/mol. The number of Topliss-reactive ketones (excluding diaryl/α,β-unsaturated/α-hetero) is 1. The van der Waals surface area contributed by atoms with Gasteiger partial charge in [0.05, 0.1) is 20.3 Å². The molecule has 5 aliphatic rings. The molecule has 0 amide bonds. The van der Waals surface area contributed by atoms with E-state index in [2.05, 4.69) is 31.2 Å². The van der Waals surface area contributed by atoms with Crippen LogP contribution in [0.2, 0.25) is 0 Å². The molecule has 1 spiro atoms. The number of ketones is 1. The van der Waals surface area contributed by atoms with Gasteiger partial charge in [-0.2, -0.15) is 0 Å². The third-order valence-corrected chi connectivity index (χ3v) is 8.88. The third-order valence-electron chi connectivity index (χ3n) is 8.88. The lowest BCUT2D eigenvalue weighted by atomic mass is 9.53. The van der Waals surface area contributed by atoms with E-state index in [9.17, 15) is 4.79 Å². The van der Waals surface area contributed by atoms with E-state index in [0.29, 0.717) is 30.8 Å². The molecule has 1 aromatic rings. The summed E-state index contributed by atoms with van der Waals surface area (Å²) in [5.41, 5.74) is 5.67. The average molecular weight is 421 g/mol.